The number of thiol groups is 1. The number of hydrogen-bond acceptors (Lipinski definition) is 3. The van der Waals surface area contributed by atoms with Gasteiger partial charge >= 0.3 is 0 Å². The van der Waals surface area contributed by atoms with E-state index in [0.29, 0.717) is 4.70 Å². The number of benzene rings is 1. The van der Waals surface area contributed by atoms with Crippen molar-refractivity contribution in [3.05, 3.63) is 24.0 Å². The molecule has 0 fully saturated rings. The topological polar surface area (TPSA) is 0 Å². The third kappa shape index (κ3) is 1.71. The van der Waals surface area contributed by atoms with E-state index < -0.39 is 0 Å². The van der Waals surface area contributed by atoms with Gasteiger partial charge in [0.25, 0.3) is 0 Å². The molecule has 0 aliphatic carbocycles. The highest BCUT2D eigenvalue weighted by Crippen LogP contribution is 2.33. The van der Waals surface area contributed by atoms with Crippen LogP contribution in [0.15, 0.2) is 27.3 Å². The van der Waals surface area contributed by atoms with Gasteiger partial charge < -0.3 is 0 Å². The van der Waals surface area contributed by atoms with Gasteiger partial charge in [0.15, 0.2) is 0 Å². The second-order valence-electron chi connectivity index (χ2n) is 2.61. The summed E-state index contributed by atoms with van der Waals surface area (Å²) in [4.78, 5) is 0.955. The Labute approximate surface area is 89.6 Å². The minimum absolute atomic E-state index is 0.146. The number of hydrogen-bond donors (Lipinski definition) is 1. The lowest BCUT2D eigenvalue weighted by atomic mass is 10.2. The molecule has 0 aliphatic heterocycles. The first-order chi connectivity index (χ1) is 6.20. The lowest BCUT2D eigenvalue weighted by molar-refractivity contribution is 0.638. The highest BCUT2D eigenvalue weighted by molar-refractivity contribution is 7.98. The van der Waals surface area contributed by atoms with Crippen molar-refractivity contribution in [1.82, 2.24) is 0 Å². The Bertz CT molecular complexity index is 447. The van der Waals surface area contributed by atoms with Crippen LogP contribution in [0.3, 0.4) is 0 Å². The lowest BCUT2D eigenvalue weighted by Crippen LogP contribution is -1.75. The Morgan fingerprint density at radius 3 is 2.85 bits per heavy atom. The molecule has 68 valence electrons. The summed E-state index contributed by atoms with van der Waals surface area (Å²) < 4.78 is 15.0. The number of rotatable bonds is 1. The number of halogens is 1. The van der Waals surface area contributed by atoms with E-state index in [9.17, 15) is 4.39 Å². The van der Waals surface area contributed by atoms with Gasteiger partial charge in [-0.25, -0.2) is 4.39 Å². The zero-order chi connectivity index (χ0) is 9.42. The smallest absolute Gasteiger partial charge is 0.142 e. The van der Waals surface area contributed by atoms with E-state index in [1.54, 1.807) is 17.8 Å². The van der Waals surface area contributed by atoms with Crippen LogP contribution < -0.4 is 0 Å². The summed E-state index contributed by atoms with van der Waals surface area (Å²) >= 11 is 7.12. The van der Waals surface area contributed by atoms with Crippen LogP contribution in [-0.4, -0.2) is 6.26 Å². The van der Waals surface area contributed by atoms with Crippen LogP contribution in [0.2, 0.25) is 0 Å². The van der Waals surface area contributed by atoms with Crippen molar-refractivity contribution in [2.24, 2.45) is 0 Å². The van der Waals surface area contributed by atoms with Crippen molar-refractivity contribution in [3.63, 3.8) is 0 Å². The van der Waals surface area contributed by atoms with Crippen molar-refractivity contribution in [1.29, 1.82) is 0 Å². The maximum atomic E-state index is 13.4. The summed E-state index contributed by atoms with van der Waals surface area (Å²) in [6, 6.07) is 5.45. The van der Waals surface area contributed by atoms with Gasteiger partial charge in [-0.1, -0.05) is 0 Å². The molecular formula is C9H7FS3. The molecule has 0 radical (unpaired) electrons. The van der Waals surface area contributed by atoms with Gasteiger partial charge in [0.2, 0.25) is 0 Å². The van der Waals surface area contributed by atoms with Crippen molar-refractivity contribution >= 4 is 45.8 Å². The molecule has 0 amide bonds. The molecule has 1 aromatic heterocycles. The Morgan fingerprint density at radius 1 is 1.38 bits per heavy atom. The second-order valence-corrected chi connectivity index (χ2v) is 5.33. The predicted molar refractivity (Wildman–Crippen MR) is 60.8 cm³/mol. The van der Waals surface area contributed by atoms with Crippen LogP contribution in [0, 0.1) is 5.82 Å². The van der Waals surface area contributed by atoms with Gasteiger partial charge in [0.05, 0.1) is 8.91 Å². The SMILES string of the molecule is CSc1cc(F)c2sc(S)cc2c1. The summed E-state index contributed by atoms with van der Waals surface area (Å²) in [7, 11) is 0. The first kappa shape index (κ1) is 9.37. The molecule has 0 spiro atoms. The van der Waals surface area contributed by atoms with E-state index in [1.807, 2.05) is 18.4 Å². The van der Waals surface area contributed by atoms with E-state index in [-0.39, 0.29) is 5.82 Å². The average molecular weight is 230 g/mol. The molecule has 0 atom stereocenters. The first-order valence-corrected chi connectivity index (χ1v) is 6.15. The highest BCUT2D eigenvalue weighted by Gasteiger charge is 2.06. The fourth-order valence-corrected chi connectivity index (χ4v) is 2.85. The summed E-state index contributed by atoms with van der Waals surface area (Å²) in [6.07, 6.45) is 1.94. The Balaban J connectivity index is 2.75. The van der Waals surface area contributed by atoms with Crippen LogP contribution in [0.25, 0.3) is 10.1 Å². The zero-order valence-electron chi connectivity index (χ0n) is 6.87. The summed E-state index contributed by atoms with van der Waals surface area (Å²) in [6.45, 7) is 0. The number of thiophene rings is 1. The van der Waals surface area contributed by atoms with Gasteiger partial charge in [0.1, 0.15) is 5.82 Å². The summed E-state index contributed by atoms with van der Waals surface area (Å²) in [5.74, 6) is -0.146. The standard InChI is InChI=1S/C9H7FS3/c1-12-6-2-5-3-8(11)13-9(5)7(10)4-6/h2-4,11H,1H3. The highest BCUT2D eigenvalue weighted by atomic mass is 32.2. The molecule has 13 heavy (non-hydrogen) atoms. The van der Waals surface area contributed by atoms with E-state index in [0.717, 1.165) is 14.5 Å². The largest absolute Gasteiger partial charge is 0.205 e. The lowest BCUT2D eigenvalue weighted by Gasteiger charge is -1.97. The fraction of sp³-hybridized carbons (Fsp3) is 0.111. The van der Waals surface area contributed by atoms with E-state index in [1.165, 1.54) is 11.3 Å². The van der Waals surface area contributed by atoms with Crippen molar-refractivity contribution < 1.29 is 4.39 Å². The fourth-order valence-electron chi connectivity index (χ4n) is 1.19. The molecule has 0 N–H and O–H groups in total. The molecule has 1 aromatic carbocycles. The molecule has 2 rings (SSSR count). The maximum absolute atomic E-state index is 13.4. The molecule has 2 aromatic rings. The molecule has 0 aliphatic rings. The Kier molecular flexibility index (Phi) is 2.53. The molecule has 0 unspecified atom stereocenters. The average Bonchev–Trinajstić information content (AvgIpc) is 2.46. The van der Waals surface area contributed by atoms with Gasteiger partial charge in [-0.05, 0) is 29.8 Å². The molecule has 0 nitrogen and oxygen atoms in total. The molecular weight excluding hydrogens is 223 g/mol. The molecule has 0 saturated carbocycles. The van der Waals surface area contributed by atoms with Crippen LogP contribution in [0.1, 0.15) is 0 Å². The van der Waals surface area contributed by atoms with Gasteiger partial charge in [0, 0.05) is 4.90 Å². The Hall–Kier alpha value is -0.190. The second kappa shape index (κ2) is 3.52. The van der Waals surface area contributed by atoms with Gasteiger partial charge in [-0.15, -0.1) is 35.7 Å². The van der Waals surface area contributed by atoms with Crippen LogP contribution in [0.4, 0.5) is 4.39 Å². The molecule has 1 heterocycles. The molecule has 0 saturated heterocycles. The van der Waals surface area contributed by atoms with Crippen LogP contribution >= 0.6 is 35.7 Å². The normalized spacial score (nSPS) is 11.0. The van der Waals surface area contributed by atoms with Gasteiger partial charge in [-0.2, -0.15) is 0 Å². The third-order valence-corrected chi connectivity index (χ3v) is 3.84. The Morgan fingerprint density at radius 2 is 2.15 bits per heavy atom. The minimum Gasteiger partial charge on any atom is -0.205 e. The van der Waals surface area contributed by atoms with Gasteiger partial charge in [-0.3, -0.25) is 0 Å². The van der Waals surface area contributed by atoms with Crippen LogP contribution in [-0.2, 0) is 0 Å². The van der Waals surface area contributed by atoms with E-state index in [4.69, 9.17) is 0 Å². The first-order valence-electron chi connectivity index (χ1n) is 3.67. The zero-order valence-corrected chi connectivity index (χ0v) is 9.40. The third-order valence-electron chi connectivity index (χ3n) is 1.77. The predicted octanol–water partition coefficient (Wildman–Crippen LogP) is 4.05. The monoisotopic (exact) mass is 230 g/mol. The van der Waals surface area contributed by atoms with Crippen molar-refractivity contribution in [2.45, 2.75) is 9.10 Å². The number of fused-ring (bicyclic) bond motifs is 1. The quantitative estimate of drug-likeness (QED) is 0.569. The van der Waals surface area contributed by atoms with Crippen LogP contribution in [0.5, 0.6) is 0 Å². The van der Waals surface area contributed by atoms with E-state index in [2.05, 4.69) is 12.6 Å². The van der Waals surface area contributed by atoms with Crippen molar-refractivity contribution in [2.75, 3.05) is 6.26 Å². The minimum atomic E-state index is -0.146. The molecule has 0 bridgehead atoms. The number of thioether (sulfide) groups is 1. The summed E-state index contributed by atoms with van der Waals surface area (Å²) in [5.41, 5.74) is 0. The maximum Gasteiger partial charge on any atom is 0.142 e. The summed E-state index contributed by atoms with van der Waals surface area (Å²) in [5, 5.41) is 0.944. The van der Waals surface area contributed by atoms with E-state index >= 15 is 0 Å². The van der Waals surface area contributed by atoms with Crippen molar-refractivity contribution in [3.8, 4) is 0 Å². The molecule has 4 heteroatoms.